The number of hydrogen-bond donors (Lipinski definition) is 1. The molecule has 0 saturated carbocycles. The van der Waals surface area contributed by atoms with E-state index in [0.717, 1.165) is 6.42 Å². The number of carbonyl (C=O) groups is 1. The van der Waals surface area contributed by atoms with Crippen molar-refractivity contribution in [2.45, 2.75) is 13.3 Å². The fourth-order valence-corrected chi connectivity index (χ4v) is 2.32. The van der Waals surface area contributed by atoms with Crippen LogP contribution in [0.2, 0.25) is 5.02 Å². The molecule has 0 heterocycles. The Kier molecular flexibility index (Phi) is 7.88. The molecule has 0 radical (unpaired) electrons. The molecular formula is C19H20ClFN2O4. The van der Waals surface area contributed by atoms with Gasteiger partial charge in [-0.05, 0) is 48.4 Å². The topological polar surface area (TPSA) is 69.2 Å². The zero-order chi connectivity index (χ0) is 19.6. The van der Waals surface area contributed by atoms with Crippen molar-refractivity contribution in [3.05, 3.63) is 52.8 Å². The molecule has 2 aromatic carbocycles. The molecular weight excluding hydrogens is 375 g/mol. The number of benzene rings is 2. The van der Waals surface area contributed by atoms with E-state index in [4.69, 9.17) is 25.8 Å². The lowest BCUT2D eigenvalue weighted by Gasteiger charge is -2.12. The van der Waals surface area contributed by atoms with Crippen molar-refractivity contribution in [1.82, 2.24) is 5.43 Å². The Labute approximate surface area is 161 Å². The highest BCUT2D eigenvalue weighted by atomic mass is 35.5. The summed E-state index contributed by atoms with van der Waals surface area (Å²) in [5, 5.41) is 4.24. The molecule has 8 heteroatoms. The van der Waals surface area contributed by atoms with Gasteiger partial charge in [0.2, 0.25) is 0 Å². The molecule has 144 valence electrons. The molecule has 0 atom stereocenters. The highest BCUT2D eigenvalue weighted by molar-refractivity contribution is 6.32. The van der Waals surface area contributed by atoms with Crippen molar-refractivity contribution in [2.75, 3.05) is 20.3 Å². The smallest absolute Gasteiger partial charge is 0.277 e. The van der Waals surface area contributed by atoms with Gasteiger partial charge in [0.15, 0.2) is 18.1 Å². The number of carbonyl (C=O) groups excluding carboxylic acids is 1. The Morgan fingerprint density at radius 3 is 2.67 bits per heavy atom. The number of nitrogens with zero attached hydrogens (tertiary/aromatic N) is 1. The van der Waals surface area contributed by atoms with Crippen LogP contribution in [0.25, 0.3) is 0 Å². The largest absolute Gasteiger partial charge is 0.493 e. The van der Waals surface area contributed by atoms with E-state index in [1.165, 1.54) is 37.6 Å². The molecule has 2 rings (SSSR count). The molecule has 0 saturated heterocycles. The summed E-state index contributed by atoms with van der Waals surface area (Å²) in [4.78, 5) is 11.7. The van der Waals surface area contributed by atoms with Gasteiger partial charge >= 0.3 is 0 Å². The van der Waals surface area contributed by atoms with Crippen LogP contribution in [0.5, 0.6) is 17.2 Å². The maximum absolute atomic E-state index is 12.8. The number of hydrazone groups is 1. The van der Waals surface area contributed by atoms with Crippen molar-refractivity contribution in [1.29, 1.82) is 0 Å². The van der Waals surface area contributed by atoms with Gasteiger partial charge in [0.05, 0.1) is 25.0 Å². The number of halogens is 2. The molecule has 27 heavy (non-hydrogen) atoms. The van der Waals surface area contributed by atoms with Gasteiger partial charge in [0.25, 0.3) is 5.91 Å². The van der Waals surface area contributed by atoms with E-state index in [-0.39, 0.29) is 12.4 Å². The quantitative estimate of drug-likeness (QED) is 0.518. The molecule has 0 spiro atoms. The standard InChI is InChI=1S/C19H20ClFN2O4/c1-3-8-26-19-16(20)9-13(10-17(19)25-2)11-22-23-18(24)12-27-15-6-4-14(21)5-7-15/h4-7,9-11H,3,8,12H2,1-2H3,(H,23,24)/b22-11-. The van der Waals surface area contributed by atoms with Crippen LogP contribution in [0.15, 0.2) is 41.5 Å². The monoisotopic (exact) mass is 394 g/mol. The third-order valence-corrected chi connectivity index (χ3v) is 3.57. The first kappa shape index (κ1) is 20.5. The van der Waals surface area contributed by atoms with Gasteiger partial charge in [-0.1, -0.05) is 18.5 Å². The van der Waals surface area contributed by atoms with E-state index >= 15 is 0 Å². The van der Waals surface area contributed by atoms with Gasteiger partial charge in [0.1, 0.15) is 11.6 Å². The summed E-state index contributed by atoms with van der Waals surface area (Å²) in [6.45, 7) is 2.26. The Bertz CT molecular complexity index is 797. The van der Waals surface area contributed by atoms with Gasteiger partial charge in [-0.3, -0.25) is 4.79 Å². The van der Waals surface area contributed by atoms with Crippen LogP contribution in [-0.2, 0) is 4.79 Å². The molecule has 2 aromatic rings. The van der Waals surface area contributed by atoms with Gasteiger partial charge in [-0.2, -0.15) is 5.10 Å². The average molecular weight is 395 g/mol. The number of hydrogen-bond acceptors (Lipinski definition) is 5. The van der Waals surface area contributed by atoms with Crippen molar-refractivity contribution < 1.29 is 23.4 Å². The second-order valence-electron chi connectivity index (χ2n) is 5.42. The molecule has 0 aliphatic carbocycles. The first-order valence-corrected chi connectivity index (χ1v) is 8.62. The second-order valence-corrected chi connectivity index (χ2v) is 5.83. The van der Waals surface area contributed by atoms with Crippen molar-refractivity contribution in [2.24, 2.45) is 5.10 Å². The SMILES string of the molecule is CCCOc1c(Cl)cc(/C=N\NC(=O)COc2ccc(F)cc2)cc1OC. The van der Waals surface area contributed by atoms with Crippen LogP contribution in [0.1, 0.15) is 18.9 Å². The fraction of sp³-hybridized carbons (Fsp3) is 0.263. The zero-order valence-electron chi connectivity index (χ0n) is 15.0. The highest BCUT2D eigenvalue weighted by Gasteiger charge is 2.11. The summed E-state index contributed by atoms with van der Waals surface area (Å²) in [6.07, 6.45) is 2.27. The molecule has 0 unspecified atom stereocenters. The number of amides is 1. The van der Waals surface area contributed by atoms with E-state index in [0.29, 0.717) is 34.4 Å². The third-order valence-electron chi connectivity index (χ3n) is 3.29. The first-order valence-electron chi connectivity index (χ1n) is 8.24. The van der Waals surface area contributed by atoms with Gasteiger partial charge in [-0.15, -0.1) is 0 Å². The van der Waals surface area contributed by atoms with Crippen LogP contribution in [0.3, 0.4) is 0 Å². The normalized spacial score (nSPS) is 10.7. The zero-order valence-corrected chi connectivity index (χ0v) is 15.8. The molecule has 1 N–H and O–H groups in total. The minimum Gasteiger partial charge on any atom is -0.493 e. The summed E-state index contributed by atoms with van der Waals surface area (Å²) in [7, 11) is 1.51. The van der Waals surface area contributed by atoms with Crippen LogP contribution in [0.4, 0.5) is 4.39 Å². The molecule has 0 aliphatic heterocycles. The van der Waals surface area contributed by atoms with E-state index in [1.807, 2.05) is 6.92 Å². The lowest BCUT2D eigenvalue weighted by atomic mass is 10.2. The fourth-order valence-electron chi connectivity index (χ4n) is 2.05. The van der Waals surface area contributed by atoms with Crippen LogP contribution < -0.4 is 19.6 Å². The molecule has 0 aliphatic rings. The van der Waals surface area contributed by atoms with Gasteiger partial charge < -0.3 is 14.2 Å². The van der Waals surface area contributed by atoms with E-state index in [2.05, 4.69) is 10.5 Å². The first-order chi connectivity index (χ1) is 13.0. The summed E-state index contributed by atoms with van der Waals surface area (Å²) in [5.41, 5.74) is 2.96. The minimum atomic E-state index is -0.462. The molecule has 0 fully saturated rings. The molecule has 1 amide bonds. The second kappa shape index (κ2) is 10.4. The lowest BCUT2D eigenvalue weighted by molar-refractivity contribution is -0.123. The summed E-state index contributed by atoms with van der Waals surface area (Å²) in [5.74, 6) is 0.487. The number of nitrogens with one attached hydrogen (secondary N) is 1. The number of ether oxygens (including phenoxy) is 3. The van der Waals surface area contributed by atoms with Crippen molar-refractivity contribution in [3.63, 3.8) is 0 Å². The van der Waals surface area contributed by atoms with Crippen LogP contribution in [-0.4, -0.2) is 32.4 Å². The maximum atomic E-state index is 12.8. The van der Waals surface area contributed by atoms with Crippen LogP contribution >= 0.6 is 11.6 Å². The predicted octanol–water partition coefficient (Wildman–Crippen LogP) is 3.81. The van der Waals surface area contributed by atoms with E-state index in [1.54, 1.807) is 12.1 Å². The van der Waals surface area contributed by atoms with E-state index < -0.39 is 5.91 Å². The minimum absolute atomic E-state index is 0.253. The van der Waals surface area contributed by atoms with Crippen molar-refractivity contribution in [3.8, 4) is 17.2 Å². The summed E-state index contributed by atoms with van der Waals surface area (Å²) in [6, 6.07) is 8.71. The summed E-state index contributed by atoms with van der Waals surface area (Å²) >= 11 is 6.22. The highest BCUT2D eigenvalue weighted by Crippen LogP contribution is 2.36. The number of rotatable bonds is 9. The third kappa shape index (κ3) is 6.45. The Morgan fingerprint density at radius 1 is 1.26 bits per heavy atom. The Hall–Kier alpha value is -2.80. The maximum Gasteiger partial charge on any atom is 0.277 e. The summed E-state index contributed by atoms with van der Waals surface area (Å²) < 4.78 is 28.9. The number of methoxy groups -OCH3 is 1. The molecule has 0 bridgehead atoms. The predicted molar refractivity (Wildman–Crippen MR) is 101 cm³/mol. The van der Waals surface area contributed by atoms with Crippen LogP contribution in [0, 0.1) is 5.82 Å². The van der Waals surface area contributed by atoms with Gasteiger partial charge in [0, 0.05) is 0 Å². The Balaban J connectivity index is 1.91. The lowest BCUT2D eigenvalue weighted by Crippen LogP contribution is -2.24. The molecule has 0 aromatic heterocycles. The van der Waals surface area contributed by atoms with Gasteiger partial charge in [-0.25, -0.2) is 9.82 Å². The average Bonchev–Trinajstić information content (AvgIpc) is 2.66. The Morgan fingerprint density at radius 2 is 2.00 bits per heavy atom. The molecule has 6 nitrogen and oxygen atoms in total. The van der Waals surface area contributed by atoms with E-state index in [9.17, 15) is 9.18 Å². The van der Waals surface area contributed by atoms with Crippen molar-refractivity contribution >= 4 is 23.7 Å².